The van der Waals surface area contributed by atoms with Crippen LogP contribution in [0.3, 0.4) is 0 Å². The molecule has 0 radical (unpaired) electrons. The van der Waals surface area contributed by atoms with E-state index < -0.39 is 0 Å². The second-order valence-electron chi connectivity index (χ2n) is 9.77. The lowest BCUT2D eigenvalue weighted by Crippen LogP contribution is -2.05. The number of esters is 1. The normalized spacial score (nSPS) is 17.7. The number of ether oxygens (including phenoxy) is 1. The summed E-state index contributed by atoms with van der Waals surface area (Å²) in [5.74, 6) is 0.0135. The largest absolute Gasteiger partial charge is 0.466 e. The Balaban J connectivity index is 1.72. The van der Waals surface area contributed by atoms with Crippen molar-refractivity contribution < 1.29 is 9.53 Å². The van der Waals surface area contributed by atoms with E-state index in [2.05, 4.69) is 25.6 Å². The molecular weight excluding hydrogens is 400 g/mol. The topological polar surface area (TPSA) is 26.3 Å². The highest BCUT2D eigenvalue weighted by Gasteiger charge is 2.36. The fraction of sp³-hybridized carbons (Fsp3) is 0.964. The Kier molecular flexibility index (Phi) is 20.2. The molecule has 0 saturated carbocycles. The van der Waals surface area contributed by atoms with Gasteiger partial charge in [0.15, 0.2) is 0 Å². The molecule has 2 nitrogen and oxygen atoms in total. The molecule has 0 bridgehead atoms. The summed E-state index contributed by atoms with van der Waals surface area (Å²) in [6.45, 7) is 5.12. The molecule has 0 spiro atoms. The molecule has 2 atom stereocenters. The first-order valence-electron chi connectivity index (χ1n) is 14.1. The van der Waals surface area contributed by atoms with E-state index in [9.17, 15) is 4.79 Å². The van der Waals surface area contributed by atoms with Gasteiger partial charge in [-0.25, -0.2) is 0 Å². The van der Waals surface area contributed by atoms with Gasteiger partial charge >= 0.3 is 5.97 Å². The number of carbonyl (C=O) groups is 1. The summed E-state index contributed by atoms with van der Waals surface area (Å²) >= 11 is 2.26. The minimum Gasteiger partial charge on any atom is -0.466 e. The average molecular weight is 455 g/mol. The highest BCUT2D eigenvalue weighted by Crippen LogP contribution is 2.47. The van der Waals surface area contributed by atoms with Crippen LogP contribution in [0.5, 0.6) is 0 Å². The molecular formula is C28H54O2S. The third kappa shape index (κ3) is 19.0. The van der Waals surface area contributed by atoms with Crippen LogP contribution in [0.15, 0.2) is 0 Å². The molecule has 2 unspecified atom stereocenters. The number of thioether (sulfide) groups is 1. The molecule has 0 aliphatic carbocycles. The van der Waals surface area contributed by atoms with Gasteiger partial charge in [-0.3, -0.25) is 4.79 Å². The molecule has 1 saturated heterocycles. The maximum Gasteiger partial charge on any atom is 0.305 e. The maximum absolute atomic E-state index is 11.7. The van der Waals surface area contributed by atoms with Crippen molar-refractivity contribution in [1.29, 1.82) is 0 Å². The van der Waals surface area contributed by atoms with Crippen LogP contribution in [-0.4, -0.2) is 23.1 Å². The smallest absolute Gasteiger partial charge is 0.305 e. The van der Waals surface area contributed by atoms with Crippen molar-refractivity contribution in [2.75, 3.05) is 6.61 Å². The van der Waals surface area contributed by atoms with E-state index in [1.165, 1.54) is 122 Å². The standard InChI is InChI=1S/C28H54O2S/c1-3-5-7-9-15-18-22-26-27(31-26)23-19-16-13-11-10-12-14-17-20-24-28(29)30-25-21-8-6-4-2/h26-27H,3-25H2,1-2H3. The van der Waals surface area contributed by atoms with Gasteiger partial charge in [0.05, 0.1) is 6.61 Å². The van der Waals surface area contributed by atoms with Gasteiger partial charge < -0.3 is 4.74 Å². The van der Waals surface area contributed by atoms with E-state index in [0.717, 1.165) is 23.3 Å². The second kappa shape index (κ2) is 21.7. The van der Waals surface area contributed by atoms with Crippen LogP contribution in [0.2, 0.25) is 0 Å². The van der Waals surface area contributed by atoms with Gasteiger partial charge in [-0.15, -0.1) is 0 Å². The van der Waals surface area contributed by atoms with E-state index in [4.69, 9.17) is 4.74 Å². The van der Waals surface area contributed by atoms with Gasteiger partial charge in [-0.05, 0) is 25.7 Å². The fourth-order valence-electron chi connectivity index (χ4n) is 4.45. The van der Waals surface area contributed by atoms with Crippen LogP contribution in [-0.2, 0) is 9.53 Å². The molecule has 0 aromatic carbocycles. The monoisotopic (exact) mass is 454 g/mol. The van der Waals surface area contributed by atoms with E-state index in [-0.39, 0.29) is 5.97 Å². The third-order valence-electron chi connectivity index (χ3n) is 6.66. The molecule has 0 N–H and O–H groups in total. The number of hydrogen-bond donors (Lipinski definition) is 0. The zero-order valence-electron chi connectivity index (χ0n) is 21.1. The van der Waals surface area contributed by atoms with Crippen LogP contribution >= 0.6 is 11.8 Å². The summed E-state index contributed by atoms with van der Waals surface area (Å²) in [6, 6.07) is 0. The molecule has 1 rings (SSSR count). The number of carbonyl (C=O) groups excluding carboxylic acids is 1. The summed E-state index contributed by atoms with van der Waals surface area (Å²) in [7, 11) is 0. The van der Waals surface area contributed by atoms with Crippen molar-refractivity contribution in [2.24, 2.45) is 0 Å². The van der Waals surface area contributed by atoms with Crippen molar-refractivity contribution in [3.05, 3.63) is 0 Å². The Labute approximate surface area is 199 Å². The molecule has 0 aromatic rings. The van der Waals surface area contributed by atoms with Crippen LogP contribution in [0, 0.1) is 0 Å². The summed E-state index contributed by atoms with van der Waals surface area (Å²) in [5.41, 5.74) is 0. The number of rotatable bonds is 24. The minimum absolute atomic E-state index is 0.0135. The van der Waals surface area contributed by atoms with Crippen molar-refractivity contribution >= 4 is 17.7 Å². The summed E-state index contributed by atoms with van der Waals surface area (Å²) in [6.07, 6.45) is 28.8. The van der Waals surface area contributed by atoms with E-state index in [0.29, 0.717) is 13.0 Å². The zero-order chi connectivity index (χ0) is 22.4. The Morgan fingerprint density at radius 2 is 1.00 bits per heavy atom. The molecule has 1 aliphatic heterocycles. The SMILES string of the molecule is CCCCCCCCC1SC1CCCCCCCCCCCC(=O)OCCCCCC. The Bertz CT molecular complexity index is 398. The Hall–Kier alpha value is -0.180. The molecule has 1 fully saturated rings. The average Bonchev–Trinajstić information content (AvgIpc) is 3.52. The Morgan fingerprint density at radius 3 is 1.52 bits per heavy atom. The third-order valence-corrected chi connectivity index (χ3v) is 8.17. The van der Waals surface area contributed by atoms with Gasteiger partial charge in [0.25, 0.3) is 0 Å². The number of unbranched alkanes of at least 4 members (excludes halogenated alkanes) is 16. The molecule has 3 heteroatoms. The highest BCUT2D eigenvalue weighted by molar-refractivity contribution is 8.07. The molecule has 0 amide bonds. The van der Waals surface area contributed by atoms with Crippen molar-refractivity contribution in [2.45, 2.75) is 166 Å². The Morgan fingerprint density at radius 1 is 0.581 bits per heavy atom. The zero-order valence-corrected chi connectivity index (χ0v) is 22.0. The van der Waals surface area contributed by atoms with E-state index in [1.54, 1.807) is 0 Å². The first kappa shape index (κ1) is 28.9. The quantitative estimate of drug-likeness (QED) is 0.0824. The minimum atomic E-state index is 0.0135. The van der Waals surface area contributed by atoms with Crippen LogP contribution in [0.25, 0.3) is 0 Å². The molecule has 0 aromatic heterocycles. The van der Waals surface area contributed by atoms with Crippen LogP contribution in [0.4, 0.5) is 0 Å². The molecule has 1 heterocycles. The fourth-order valence-corrected chi connectivity index (χ4v) is 5.69. The second-order valence-corrected chi connectivity index (χ2v) is 11.3. The van der Waals surface area contributed by atoms with E-state index in [1.807, 2.05) is 0 Å². The van der Waals surface area contributed by atoms with Gasteiger partial charge in [0.1, 0.15) is 0 Å². The number of hydrogen-bond acceptors (Lipinski definition) is 3. The highest BCUT2D eigenvalue weighted by atomic mass is 32.2. The van der Waals surface area contributed by atoms with Gasteiger partial charge in [-0.1, -0.05) is 123 Å². The lowest BCUT2D eigenvalue weighted by Gasteiger charge is -2.05. The van der Waals surface area contributed by atoms with Crippen LogP contribution < -0.4 is 0 Å². The first-order valence-corrected chi connectivity index (χ1v) is 15.0. The van der Waals surface area contributed by atoms with Crippen LogP contribution in [0.1, 0.15) is 155 Å². The summed E-state index contributed by atoms with van der Waals surface area (Å²) in [5, 5.41) is 2.03. The van der Waals surface area contributed by atoms with Gasteiger partial charge in [-0.2, -0.15) is 11.8 Å². The van der Waals surface area contributed by atoms with Crippen molar-refractivity contribution in [3.63, 3.8) is 0 Å². The lowest BCUT2D eigenvalue weighted by atomic mass is 10.0. The summed E-state index contributed by atoms with van der Waals surface area (Å²) in [4.78, 5) is 11.7. The predicted octanol–water partition coefficient (Wildman–Crippen LogP) is 9.64. The molecule has 31 heavy (non-hydrogen) atoms. The first-order chi connectivity index (χ1) is 15.3. The summed E-state index contributed by atoms with van der Waals surface area (Å²) < 4.78 is 5.30. The van der Waals surface area contributed by atoms with Gasteiger partial charge in [0.2, 0.25) is 0 Å². The molecule has 184 valence electrons. The predicted molar refractivity (Wildman–Crippen MR) is 139 cm³/mol. The van der Waals surface area contributed by atoms with E-state index >= 15 is 0 Å². The van der Waals surface area contributed by atoms with Gasteiger partial charge in [0, 0.05) is 16.9 Å². The van der Waals surface area contributed by atoms with Crippen molar-refractivity contribution in [3.8, 4) is 0 Å². The molecule has 1 aliphatic rings. The maximum atomic E-state index is 11.7. The van der Waals surface area contributed by atoms with Crippen molar-refractivity contribution in [1.82, 2.24) is 0 Å². The lowest BCUT2D eigenvalue weighted by molar-refractivity contribution is -0.143.